The molecule has 1 N–H and O–H groups in total. The summed E-state index contributed by atoms with van der Waals surface area (Å²) in [6.07, 6.45) is 0.700. The predicted molar refractivity (Wildman–Crippen MR) is 137 cm³/mol. The monoisotopic (exact) mass is 520 g/mol. The van der Waals surface area contributed by atoms with Crippen molar-refractivity contribution < 1.29 is 17.6 Å². The largest absolute Gasteiger partial charge is 0.354 e. The van der Waals surface area contributed by atoms with E-state index in [1.807, 2.05) is 31.2 Å². The number of amides is 1. The van der Waals surface area contributed by atoms with Crippen molar-refractivity contribution in [3.05, 3.63) is 94.8 Å². The number of para-hydroxylation sites is 1. The molecule has 0 spiro atoms. The van der Waals surface area contributed by atoms with E-state index >= 15 is 0 Å². The molecule has 0 aliphatic carbocycles. The summed E-state index contributed by atoms with van der Waals surface area (Å²) in [7, 11) is -4.15. The van der Waals surface area contributed by atoms with Gasteiger partial charge in [0.05, 0.1) is 10.6 Å². The molecule has 1 amide bonds. The van der Waals surface area contributed by atoms with Crippen LogP contribution in [0.3, 0.4) is 0 Å². The van der Waals surface area contributed by atoms with Crippen LogP contribution in [0.4, 0.5) is 10.1 Å². The Morgan fingerprint density at radius 3 is 2.41 bits per heavy atom. The molecule has 0 bridgehead atoms. The summed E-state index contributed by atoms with van der Waals surface area (Å²) in [4.78, 5) is 12.6. The van der Waals surface area contributed by atoms with Gasteiger partial charge in [0.2, 0.25) is 5.91 Å². The molecule has 0 radical (unpaired) electrons. The molecule has 3 aromatic rings. The number of carbonyl (C=O) groups excluding carboxylic acids is 1. The second-order valence-corrected chi connectivity index (χ2v) is 11.0. The molecular weight excluding hydrogens is 495 g/mol. The molecule has 0 saturated heterocycles. The lowest BCUT2D eigenvalue weighted by molar-refractivity contribution is -0.119. The van der Waals surface area contributed by atoms with Crippen molar-refractivity contribution in [2.24, 2.45) is 0 Å². The summed E-state index contributed by atoms with van der Waals surface area (Å²) in [5.74, 6) is 0.338. The fourth-order valence-corrected chi connectivity index (χ4v) is 5.85. The predicted octanol–water partition coefficient (Wildman–Crippen LogP) is 5.42. The molecule has 0 atom stereocenters. The first kappa shape index (κ1) is 26.1. The number of sulfonamides is 1. The molecule has 5 nitrogen and oxygen atoms in total. The summed E-state index contributed by atoms with van der Waals surface area (Å²) >= 11 is 7.85. The molecule has 3 aromatic carbocycles. The lowest BCUT2D eigenvalue weighted by Crippen LogP contribution is -2.41. The second kappa shape index (κ2) is 12.2. The number of anilines is 1. The highest BCUT2D eigenvalue weighted by Crippen LogP contribution is 2.26. The van der Waals surface area contributed by atoms with E-state index in [9.17, 15) is 17.6 Å². The molecule has 34 heavy (non-hydrogen) atoms. The summed E-state index contributed by atoms with van der Waals surface area (Å²) in [6, 6.07) is 19.4. The van der Waals surface area contributed by atoms with Gasteiger partial charge in [-0.05, 0) is 55.0 Å². The Bertz CT molecular complexity index is 1220. The Morgan fingerprint density at radius 1 is 1.03 bits per heavy atom. The van der Waals surface area contributed by atoms with E-state index in [0.29, 0.717) is 13.0 Å². The highest BCUT2D eigenvalue weighted by molar-refractivity contribution is 7.98. The van der Waals surface area contributed by atoms with E-state index in [0.717, 1.165) is 32.0 Å². The standard InChI is InChI=1S/C25H26ClFN2O3S2/c1-19-11-13-21(14-12-19)34(31,32)29(24-10-5-4-9-23(24)27)17-25(30)28-15-6-16-33-18-20-7-2-3-8-22(20)26/h2-5,7-14H,6,15-18H2,1H3,(H,28,30). The van der Waals surface area contributed by atoms with Gasteiger partial charge in [0.15, 0.2) is 0 Å². The molecule has 0 heterocycles. The van der Waals surface area contributed by atoms with Crippen molar-refractivity contribution in [3.63, 3.8) is 0 Å². The molecule has 0 aromatic heterocycles. The van der Waals surface area contributed by atoms with E-state index in [2.05, 4.69) is 5.32 Å². The van der Waals surface area contributed by atoms with Crippen LogP contribution in [-0.2, 0) is 20.6 Å². The Labute approximate surface area is 209 Å². The third kappa shape index (κ3) is 6.98. The Balaban J connectivity index is 1.60. The van der Waals surface area contributed by atoms with Gasteiger partial charge in [-0.3, -0.25) is 9.10 Å². The van der Waals surface area contributed by atoms with Gasteiger partial charge < -0.3 is 5.32 Å². The highest BCUT2D eigenvalue weighted by atomic mass is 35.5. The Morgan fingerprint density at radius 2 is 1.71 bits per heavy atom. The molecule has 0 unspecified atom stereocenters. The van der Waals surface area contributed by atoms with Crippen LogP contribution in [-0.4, -0.2) is 33.2 Å². The molecule has 0 fully saturated rings. The Hall–Kier alpha value is -2.55. The van der Waals surface area contributed by atoms with Crippen LogP contribution in [0, 0.1) is 12.7 Å². The van der Waals surface area contributed by atoms with Crippen LogP contribution < -0.4 is 9.62 Å². The fraction of sp³-hybridized carbons (Fsp3) is 0.240. The van der Waals surface area contributed by atoms with Crippen LogP contribution in [0.1, 0.15) is 17.5 Å². The van der Waals surface area contributed by atoms with Crippen molar-refractivity contribution in [1.82, 2.24) is 5.32 Å². The zero-order chi connectivity index (χ0) is 24.6. The lowest BCUT2D eigenvalue weighted by Gasteiger charge is -2.24. The van der Waals surface area contributed by atoms with Gasteiger partial charge in [-0.15, -0.1) is 0 Å². The minimum Gasteiger partial charge on any atom is -0.354 e. The number of hydrogen-bond acceptors (Lipinski definition) is 4. The van der Waals surface area contributed by atoms with Crippen LogP contribution in [0.5, 0.6) is 0 Å². The average Bonchev–Trinajstić information content (AvgIpc) is 2.81. The van der Waals surface area contributed by atoms with Crippen LogP contribution >= 0.6 is 23.4 Å². The number of halogens is 2. The minimum atomic E-state index is -4.15. The van der Waals surface area contributed by atoms with Gasteiger partial charge in [-0.1, -0.05) is 59.6 Å². The van der Waals surface area contributed by atoms with Gasteiger partial charge in [0.25, 0.3) is 10.0 Å². The fourth-order valence-electron chi connectivity index (χ4n) is 3.18. The number of nitrogens with zero attached hydrogens (tertiary/aromatic N) is 1. The molecule has 9 heteroatoms. The van der Waals surface area contributed by atoms with Crippen LogP contribution in [0.2, 0.25) is 5.02 Å². The quantitative estimate of drug-likeness (QED) is 0.343. The summed E-state index contributed by atoms with van der Waals surface area (Å²) in [5, 5.41) is 3.47. The smallest absolute Gasteiger partial charge is 0.264 e. The number of benzene rings is 3. The molecule has 0 aliphatic heterocycles. The second-order valence-electron chi connectivity index (χ2n) is 7.62. The summed E-state index contributed by atoms with van der Waals surface area (Å²) in [6.45, 7) is 1.69. The van der Waals surface area contributed by atoms with Crippen LogP contribution in [0.15, 0.2) is 77.7 Å². The van der Waals surface area contributed by atoms with Crippen molar-refractivity contribution >= 4 is 45.0 Å². The lowest BCUT2D eigenvalue weighted by atomic mass is 10.2. The first-order valence-corrected chi connectivity index (χ1v) is 13.7. The van der Waals surface area contributed by atoms with Gasteiger partial charge in [-0.2, -0.15) is 11.8 Å². The van der Waals surface area contributed by atoms with Crippen molar-refractivity contribution in [2.75, 3.05) is 23.1 Å². The zero-order valence-corrected chi connectivity index (χ0v) is 21.1. The normalized spacial score (nSPS) is 11.3. The maximum absolute atomic E-state index is 14.5. The van der Waals surface area contributed by atoms with Crippen molar-refractivity contribution in [2.45, 2.75) is 24.0 Å². The van der Waals surface area contributed by atoms with Crippen molar-refractivity contribution in [3.8, 4) is 0 Å². The van der Waals surface area contributed by atoms with Gasteiger partial charge >= 0.3 is 0 Å². The molecule has 0 saturated carbocycles. The van der Waals surface area contributed by atoms with E-state index in [4.69, 9.17) is 11.6 Å². The van der Waals surface area contributed by atoms with E-state index < -0.39 is 28.3 Å². The maximum Gasteiger partial charge on any atom is 0.264 e. The van der Waals surface area contributed by atoms with E-state index in [-0.39, 0.29) is 10.6 Å². The van der Waals surface area contributed by atoms with E-state index in [1.54, 1.807) is 23.9 Å². The number of nitrogens with one attached hydrogen (secondary N) is 1. The first-order valence-electron chi connectivity index (χ1n) is 10.7. The van der Waals surface area contributed by atoms with Crippen molar-refractivity contribution in [1.29, 1.82) is 0 Å². The minimum absolute atomic E-state index is 0.00914. The topological polar surface area (TPSA) is 66.5 Å². The van der Waals surface area contributed by atoms with Gasteiger partial charge in [0, 0.05) is 17.3 Å². The van der Waals surface area contributed by atoms with Gasteiger partial charge in [0.1, 0.15) is 12.4 Å². The third-order valence-corrected chi connectivity index (χ3v) is 8.26. The number of thioether (sulfide) groups is 1. The Kier molecular flexibility index (Phi) is 9.38. The molecular formula is C25H26ClFN2O3S2. The van der Waals surface area contributed by atoms with Gasteiger partial charge in [-0.25, -0.2) is 12.8 Å². The summed E-state index contributed by atoms with van der Waals surface area (Å²) < 4.78 is 41.9. The number of carbonyl (C=O) groups is 1. The third-order valence-electron chi connectivity index (χ3n) is 5.02. The first-order chi connectivity index (χ1) is 16.3. The summed E-state index contributed by atoms with van der Waals surface area (Å²) in [5.41, 5.74) is 1.77. The maximum atomic E-state index is 14.5. The number of rotatable bonds is 11. The van der Waals surface area contributed by atoms with E-state index in [1.165, 1.54) is 36.4 Å². The average molecular weight is 521 g/mol. The van der Waals surface area contributed by atoms with Crippen LogP contribution in [0.25, 0.3) is 0 Å². The SMILES string of the molecule is Cc1ccc(S(=O)(=O)N(CC(=O)NCCCSCc2ccccc2Cl)c2ccccc2F)cc1. The molecule has 0 aliphatic rings. The zero-order valence-electron chi connectivity index (χ0n) is 18.7. The highest BCUT2D eigenvalue weighted by Gasteiger charge is 2.29. The molecule has 3 rings (SSSR count). The number of hydrogen-bond donors (Lipinski definition) is 1. The number of aryl methyl sites for hydroxylation is 1. The molecule has 180 valence electrons.